The van der Waals surface area contributed by atoms with Crippen molar-refractivity contribution in [2.45, 2.75) is 45.7 Å². The normalized spacial score (nSPS) is 21.0. The van der Waals surface area contributed by atoms with E-state index in [0.717, 1.165) is 0 Å². The molecule has 19 heavy (non-hydrogen) atoms. The van der Waals surface area contributed by atoms with E-state index in [1.165, 1.54) is 4.90 Å². The van der Waals surface area contributed by atoms with Gasteiger partial charge in [0, 0.05) is 6.54 Å². The molecule has 4 N–H and O–H groups in total. The second-order valence-electron chi connectivity index (χ2n) is 5.84. The Hall–Kier alpha value is -1.79. The fourth-order valence-electron chi connectivity index (χ4n) is 2.16. The quantitative estimate of drug-likeness (QED) is 0.677. The highest BCUT2D eigenvalue weighted by Crippen LogP contribution is 2.21. The number of nitrogens with two attached hydrogens (primary N) is 1. The number of likely N-dealkylation sites (tertiary alicyclic amines) is 1. The van der Waals surface area contributed by atoms with E-state index < -0.39 is 35.4 Å². The van der Waals surface area contributed by atoms with Gasteiger partial charge in [0.2, 0.25) is 5.91 Å². The number of carbonyl (C=O) groups excluding carboxylic acids is 2. The molecule has 1 saturated heterocycles. The molecule has 0 spiro atoms. The number of rotatable bonds is 3. The summed E-state index contributed by atoms with van der Waals surface area (Å²) in [4.78, 5) is 35.8. The number of hydrogen-bond donors (Lipinski definition) is 3. The summed E-state index contributed by atoms with van der Waals surface area (Å²) in [6, 6.07) is -2.22. The lowest BCUT2D eigenvalue weighted by Crippen LogP contribution is -2.55. The van der Waals surface area contributed by atoms with E-state index in [1.54, 1.807) is 20.8 Å². The number of nitrogens with one attached hydrogen (secondary N) is 1. The average Bonchev–Trinajstić information content (AvgIpc) is 2.72. The number of amides is 3. The zero-order valence-electron chi connectivity index (χ0n) is 11.5. The summed E-state index contributed by atoms with van der Waals surface area (Å²) >= 11 is 0. The summed E-state index contributed by atoms with van der Waals surface area (Å²) in [6.07, 6.45) is 1.21. The highest BCUT2D eigenvalue weighted by atomic mass is 16.4. The molecule has 0 aliphatic carbocycles. The van der Waals surface area contributed by atoms with Gasteiger partial charge in [-0.3, -0.25) is 4.79 Å². The predicted molar refractivity (Wildman–Crippen MR) is 68.3 cm³/mol. The van der Waals surface area contributed by atoms with Gasteiger partial charge in [0.1, 0.15) is 12.1 Å². The molecule has 0 aromatic heterocycles. The Balaban J connectivity index is 2.78. The van der Waals surface area contributed by atoms with Crippen molar-refractivity contribution in [3.63, 3.8) is 0 Å². The molecule has 0 bridgehead atoms. The van der Waals surface area contributed by atoms with Crippen LogP contribution in [0.3, 0.4) is 0 Å². The van der Waals surface area contributed by atoms with Crippen molar-refractivity contribution in [1.29, 1.82) is 0 Å². The first-order valence-electron chi connectivity index (χ1n) is 6.24. The maximum atomic E-state index is 12.1. The van der Waals surface area contributed by atoms with Crippen LogP contribution in [0.2, 0.25) is 0 Å². The fourth-order valence-corrected chi connectivity index (χ4v) is 2.16. The Labute approximate surface area is 112 Å². The van der Waals surface area contributed by atoms with Crippen molar-refractivity contribution in [2.75, 3.05) is 6.54 Å². The third-order valence-electron chi connectivity index (χ3n) is 3.22. The van der Waals surface area contributed by atoms with Crippen LogP contribution in [0.5, 0.6) is 0 Å². The molecule has 0 aromatic carbocycles. The van der Waals surface area contributed by atoms with Gasteiger partial charge in [-0.15, -0.1) is 0 Å². The van der Waals surface area contributed by atoms with Gasteiger partial charge in [-0.2, -0.15) is 0 Å². The average molecular weight is 271 g/mol. The molecule has 0 saturated carbocycles. The zero-order chi connectivity index (χ0) is 14.8. The molecule has 108 valence electrons. The maximum Gasteiger partial charge on any atom is 0.326 e. The van der Waals surface area contributed by atoms with E-state index in [-0.39, 0.29) is 0 Å². The summed E-state index contributed by atoms with van der Waals surface area (Å²) in [5.74, 6) is -1.66. The van der Waals surface area contributed by atoms with Crippen LogP contribution in [0.15, 0.2) is 0 Å². The van der Waals surface area contributed by atoms with Gasteiger partial charge in [-0.1, -0.05) is 20.8 Å². The second kappa shape index (κ2) is 5.46. The van der Waals surface area contributed by atoms with Crippen LogP contribution >= 0.6 is 0 Å². The minimum absolute atomic E-state index is 0.413. The molecule has 1 aliphatic heterocycles. The largest absolute Gasteiger partial charge is 0.480 e. The lowest BCUT2D eigenvalue weighted by molar-refractivity contribution is -0.142. The lowest BCUT2D eigenvalue weighted by atomic mass is 9.87. The van der Waals surface area contributed by atoms with Crippen molar-refractivity contribution >= 4 is 17.9 Å². The smallest absolute Gasteiger partial charge is 0.326 e. The monoisotopic (exact) mass is 271 g/mol. The van der Waals surface area contributed by atoms with Crippen LogP contribution in [0.1, 0.15) is 33.6 Å². The topological polar surface area (TPSA) is 113 Å². The Morgan fingerprint density at radius 1 is 1.37 bits per heavy atom. The van der Waals surface area contributed by atoms with Gasteiger partial charge in [-0.05, 0) is 18.3 Å². The zero-order valence-corrected chi connectivity index (χ0v) is 11.5. The molecule has 1 heterocycles. The molecule has 1 rings (SSSR count). The minimum Gasteiger partial charge on any atom is -0.480 e. The van der Waals surface area contributed by atoms with Crippen LogP contribution in [-0.2, 0) is 9.59 Å². The molecule has 3 amide bonds. The van der Waals surface area contributed by atoms with E-state index in [1.807, 2.05) is 0 Å². The van der Waals surface area contributed by atoms with Crippen molar-refractivity contribution in [3.05, 3.63) is 0 Å². The van der Waals surface area contributed by atoms with E-state index in [2.05, 4.69) is 5.32 Å². The molecule has 0 radical (unpaired) electrons. The number of hydrogen-bond acceptors (Lipinski definition) is 3. The third-order valence-corrected chi connectivity index (χ3v) is 3.22. The van der Waals surface area contributed by atoms with Crippen molar-refractivity contribution < 1.29 is 19.5 Å². The first-order valence-corrected chi connectivity index (χ1v) is 6.24. The number of carboxylic acid groups (broad SMARTS) is 1. The Kier molecular flexibility index (Phi) is 4.39. The molecule has 0 aromatic rings. The number of primary amides is 1. The number of urea groups is 1. The van der Waals surface area contributed by atoms with Gasteiger partial charge < -0.3 is 21.1 Å². The van der Waals surface area contributed by atoms with Crippen LogP contribution in [-0.4, -0.2) is 46.5 Å². The first-order chi connectivity index (χ1) is 8.64. The highest BCUT2D eigenvalue weighted by Gasteiger charge is 2.37. The van der Waals surface area contributed by atoms with E-state index >= 15 is 0 Å². The van der Waals surface area contributed by atoms with Gasteiger partial charge >= 0.3 is 12.0 Å². The van der Waals surface area contributed by atoms with Crippen LogP contribution in [0.25, 0.3) is 0 Å². The molecular weight excluding hydrogens is 250 g/mol. The van der Waals surface area contributed by atoms with Crippen molar-refractivity contribution in [1.82, 2.24) is 10.2 Å². The molecule has 7 nitrogen and oxygen atoms in total. The SMILES string of the molecule is CC(C)(C)[C@H](NC(=O)N1CCCC1C(N)=O)C(=O)O. The third kappa shape index (κ3) is 3.59. The molecule has 1 unspecified atom stereocenters. The molecule has 2 atom stereocenters. The van der Waals surface area contributed by atoms with E-state index in [0.29, 0.717) is 19.4 Å². The van der Waals surface area contributed by atoms with Gasteiger partial charge in [0.15, 0.2) is 0 Å². The van der Waals surface area contributed by atoms with Crippen LogP contribution in [0.4, 0.5) is 4.79 Å². The van der Waals surface area contributed by atoms with Crippen molar-refractivity contribution in [2.24, 2.45) is 11.1 Å². The number of carboxylic acids is 1. The molecule has 1 aliphatic rings. The van der Waals surface area contributed by atoms with Gasteiger partial charge in [0.05, 0.1) is 0 Å². The summed E-state index contributed by atoms with van der Waals surface area (Å²) in [5.41, 5.74) is 4.60. The fraction of sp³-hybridized carbons (Fsp3) is 0.750. The standard InChI is InChI=1S/C12H21N3O4/c1-12(2,3)8(10(17)18)14-11(19)15-6-4-5-7(15)9(13)16/h7-8H,4-6H2,1-3H3,(H2,13,16)(H,14,19)(H,17,18)/t7?,8-/m1/s1. The van der Waals surface area contributed by atoms with Gasteiger partial charge in [-0.25, -0.2) is 9.59 Å². The second-order valence-corrected chi connectivity index (χ2v) is 5.84. The summed E-state index contributed by atoms with van der Waals surface area (Å²) in [7, 11) is 0. The van der Waals surface area contributed by atoms with Gasteiger partial charge in [0.25, 0.3) is 0 Å². The summed E-state index contributed by atoms with van der Waals surface area (Å²) in [6.45, 7) is 5.58. The Bertz CT molecular complexity index is 389. The highest BCUT2D eigenvalue weighted by molar-refractivity contribution is 5.88. The lowest BCUT2D eigenvalue weighted by Gasteiger charge is -2.31. The summed E-state index contributed by atoms with van der Waals surface area (Å²) in [5, 5.41) is 11.6. The van der Waals surface area contributed by atoms with Crippen LogP contribution in [0, 0.1) is 5.41 Å². The van der Waals surface area contributed by atoms with E-state index in [4.69, 9.17) is 10.8 Å². The molecule has 1 fully saturated rings. The van der Waals surface area contributed by atoms with Crippen molar-refractivity contribution in [3.8, 4) is 0 Å². The predicted octanol–water partition coefficient (Wildman–Crippen LogP) is 0.145. The number of carbonyl (C=O) groups is 3. The number of aliphatic carboxylic acids is 1. The first kappa shape index (κ1) is 15.3. The summed E-state index contributed by atoms with van der Waals surface area (Å²) < 4.78 is 0. The Morgan fingerprint density at radius 3 is 2.37 bits per heavy atom. The number of nitrogens with zero attached hydrogens (tertiary/aromatic N) is 1. The maximum absolute atomic E-state index is 12.1. The molecule has 7 heteroatoms. The van der Waals surface area contributed by atoms with E-state index in [9.17, 15) is 14.4 Å². The minimum atomic E-state index is -1.10. The van der Waals surface area contributed by atoms with Crippen LogP contribution < -0.4 is 11.1 Å². The Morgan fingerprint density at radius 2 is 1.95 bits per heavy atom. The molecular formula is C12H21N3O4.